The fourth-order valence-corrected chi connectivity index (χ4v) is 4.05. The van der Waals surface area contributed by atoms with Gasteiger partial charge in [0.2, 0.25) is 5.95 Å². The zero-order valence-corrected chi connectivity index (χ0v) is 16.0. The Labute approximate surface area is 168 Å². The van der Waals surface area contributed by atoms with E-state index in [1.807, 2.05) is 12.1 Å². The van der Waals surface area contributed by atoms with E-state index in [0.717, 1.165) is 30.8 Å². The first-order valence-corrected chi connectivity index (χ1v) is 9.93. The predicted octanol–water partition coefficient (Wildman–Crippen LogP) is 4.23. The van der Waals surface area contributed by atoms with Gasteiger partial charge in [-0.1, -0.05) is 24.3 Å². The Morgan fingerprint density at radius 3 is 2.62 bits per heavy atom. The van der Waals surface area contributed by atoms with Crippen LogP contribution in [-0.2, 0) is 5.41 Å². The van der Waals surface area contributed by atoms with Gasteiger partial charge in [-0.3, -0.25) is 0 Å². The lowest BCUT2D eigenvalue weighted by Crippen LogP contribution is -2.21. The number of nitrogens with zero attached hydrogens (tertiary/aromatic N) is 3. The number of aliphatic hydroxyl groups excluding tert-OH is 1. The number of hydrogen-bond acceptors (Lipinski definition) is 5. The number of halogens is 1. The molecule has 1 fully saturated rings. The molecular formula is C23H22FN3O2. The van der Waals surface area contributed by atoms with Crippen molar-refractivity contribution >= 4 is 11.6 Å². The van der Waals surface area contributed by atoms with Gasteiger partial charge in [-0.05, 0) is 30.5 Å². The third kappa shape index (κ3) is 3.23. The number of hydrogen-bond donors (Lipinski definition) is 1. The van der Waals surface area contributed by atoms with E-state index in [1.54, 1.807) is 30.6 Å². The summed E-state index contributed by atoms with van der Waals surface area (Å²) in [4.78, 5) is 11.2. The van der Waals surface area contributed by atoms with E-state index in [0.29, 0.717) is 30.1 Å². The molecule has 148 valence electrons. The molecule has 0 saturated heterocycles. The number of aromatic nitrogens is 2. The summed E-state index contributed by atoms with van der Waals surface area (Å²) in [6.45, 7) is 1.44. The van der Waals surface area contributed by atoms with Crippen LogP contribution in [0.15, 0.2) is 54.9 Å². The SMILES string of the molecule is OCCCOc1ccc2c(c1)N(c1ncc(-c3ccccc3F)cn1)CC21CC1. The lowest BCUT2D eigenvalue weighted by Gasteiger charge is -2.18. The third-order valence-corrected chi connectivity index (χ3v) is 5.78. The molecule has 2 aliphatic rings. The molecule has 5 rings (SSSR count). The first kappa shape index (κ1) is 18.1. The van der Waals surface area contributed by atoms with Gasteiger partial charge in [0.1, 0.15) is 11.6 Å². The maximum absolute atomic E-state index is 14.1. The molecule has 1 saturated carbocycles. The Bertz CT molecular complexity index is 1030. The smallest absolute Gasteiger partial charge is 0.229 e. The molecule has 0 amide bonds. The number of ether oxygens (including phenoxy) is 1. The van der Waals surface area contributed by atoms with Crippen molar-refractivity contribution in [2.75, 3.05) is 24.7 Å². The largest absolute Gasteiger partial charge is 0.493 e. The summed E-state index contributed by atoms with van der Waals surface area (Å²) < 4.78 is 19.8. The molecule has 1 N–H and O–H groups in total. The Hall–Kier alpha value is -2.99. The topological polar surface area (TPSA) is 58.5 Å². The van der Waals surface area contributed by atoms with Crippen LogP contribution in [0.4, 0.5) is 16.0 Å². The molecule has 0 unspecified atom stereocenters. The van der Waals surface area contributed by atoms with Gasteiger partial charge in [0.15, 0.2) is 0 Å². The number of fused-ring (bicyclic) bond motifs is 2. The minimum Gasteiger partial charge on any atom is -0.493 e. The second-order valence-corrected chi connectivity index (χ2v) is 7.72. The Morgan fingerprint density at radius 2 is 1.90 bits per heavy atom. The van der Waals surface area contributed by atoms with E-state index in [1.165, 1.54) is 11.6 Å². The fourth-order valence-electron chi connectivity index (χ4n) is 4.05. The van der Waals surface area contributed by atoms with Crippen molar-refractivity contribution in [1.82, 2.24) is 9.97 Å². The van der Waals surface area contributed by atoms with Crippen molar-refractivity contribution in [2.24, 2.45) is 0 Å². The average molecular weight is 391 g/mol. The van der Waals surface area contributed by atoms with Crippen LogP contribution in [0.3, 0.4) is 0 Å². The highest BCUT2D eigenvalue weighted by Gasteiger charge is 2.52. The molecule has 1 spiro atoms. The van der Waals surface area contributed by atoms with Gasteiger partial charge >= 0.3 is 0 Å². The van der Waals surface area contributed by atoms with Gasteiger partial charge in [-0.2, -0.15) is 0 Å². The zero-order valence-electron chi connectivity index (χ0n) is 16.0. The van der Waals surface area contributed by atoms with Gasteiger partial charge in [-0.15, -0.1) is 0 Å². The molecule has 3 aromatic rings. The first-order valence-electron chi connectivity index (χ1n) is 9.93. The maximum Gasteiger partial charge on any atom is 0.229 e. The summed E-state index contributed by atoms with van der Waals surface area (Å²) in [5.74, 6) is 1.11. The van der Waals surface area contributed by atoms with Crippen LogP contribution < -0.4 is 9.64 Å². The van der Waals surface area contributed by atoms with Crippen LogP contribution in [0.1, 0.15) is 24.8 Å². The maximum atomic E-state index is 14.1. The molecule has 1 aliphatic carbocycles. The van der Waals surface area contributed by atoms with E-state index >= 15 is 0 Å². The van der Waals surface area contributed by atoms with Gasteiger partial charge in [0.25, 0.3) is 0 Å². The summed E-state index contributed by atoms with van der Waals surface area (Å²) in [6.07, 6.45) is 6.29. The quantitative estimate of drug-likeness (QED) is 0.638. The number of aliphatic hydroxyl groups is 1. The minimum atomic E-state index is -0.281. The van der Waals surface area contributed by atoms with E-state index in [-0.39, 0.29) is 17.8 Å². The van der Waals surface area contributed by atoms with Crippen molar-refractivity contribution in [3.05, 3.63) is 66.2 Å². The number of benzene rings is 2. The Kier molecular flexibility index (Phi) is 4.43. The van der Waals surface area contributed by atoms with E-state index in [2.05, 4.69) is 20.9 Å². The van der Waals surface area contributed by atoms with Crippen LogP contribution in [0.5, 0.6) is 5.75 Å². The summed E-state index contributed by atoms with van der Waals surface area (Å²) in [5.41, 5.74) is 3.73. The summed E-state index contributed by atoms with van der Waals surface area (Å²) in [5, 5.41) is 8.96. The fraction of sp³-hybridized carbons (Fsp3) is 0.304. The lowest BCUT2D eigenvalue weighted by atomic mass is 9.99. The molecule has 0 atom stereocenters. The van der Waals surface area contributed by atoms with Gasteiger partial charge in [0, 0.05) is 54.6 Å². The summed E-state index contributed by atoms with van der Waals surface area (Å²) in [6, 6.07) is 12.8. The molecule has 2 heterocycles. The number of rotatable bonds is 6. The monoisotopic (exact) mass is 391 g/mol. The standard InChI is InChI=1S/C23H22FN3O2/c24-20-5-2-1-4-18(20)16-13-25-22(26-14-16)27-15-23(8-9-23)19-7-6-17(12-21(19)27)29-11-3-10-28/h1-2,4-7,12-14,28H,3,8-11,15H2. The summed E-state index contributed by atoms with van der Waals surface area (Å²) >= 11 is 0. The molecular weight excluding hydrogens is 369 g/mol. The van der Waals surface area contributed by atoms with Crippen LogP contribution in [0, 0.1) is 5.82 Å². The second kappa shape index (κ2) is 7.12. The lowest BCUT2D eigenvalue weighted by molar-refractivity contribution is 0.233. The van der Waals surface area contributed by atoms with E-state index in [4.69, 9.17) is 9.84 Å². The van der Waals surface area contributed by atoms with Crippen molar-refractivity contribution in [3.8, 4) is 16.9 Å². The molecule has 0 bridgehead atoms. The molecule has 5 nitrogen and oxygen atoms in total. The van der Waals surface area contributed by atoms with Crippen molar-refractivity contribution in [2.45, 2.75) is 24.7 Å². The van der Waals surface area contributed by atoms with Crippen LogP contribution in [0.25, 0.3) is 11.1 Å². The van der Waals surface area contributed by atoms with Crippen molar-refractivity contribution in [3.63, 3.8) is 0 Å². The minimum absolute atomic E-state index is 0.113. The first-order chi connectivity index (χ1) is 14.2. The van der Waals surface area contributed by atoms with Crippen LogP contribution in [-0.4, -0.2) is 34.8 Å². The number of anilines is 2. The van der Waals surface area contributed by atoms with Crippen molar-refractivity contribution in [1.29, 1.82) is 0 Å². The highest BCUT2D eigenvalue weighted by molar-refractivity contribution is 5.73. The molecule has 1 aliphatic heterocycles. The van der Waals surface area contributed by atoms with Gasteiger partial charge < -0.3 is 14.7 Å². The van der Waals surface area contributed by atoms with Gasteiger partial charge in [0.05, 0.1) is 12.3 Å². The molecule has 1 aromatic heterocycles. The third-order valence-electron chi connectivity index (χ3n) is 5.78. The molecule has 6 heteroatoms. The average Bonchev–Trinajstić information content (AvgIpc) is 3.46. The highest BCUT2D eigenvalue weighted by Crippen LogP contribution is 2.58. The molecule has 0 radical (unpaired) electrons. The predicted molar refractivity (Wildman–Crippen MR) is 109 cm³/mol. The highest BCUT2D eigenvalue weighted by atomic mass is 19.1. The van der Waals surface area contributed by atoms with Crippen LogP contribution in [0.2, 0.25) is 0 Å². The zero-order chi connectivity index (χ0) is 19.8. The molecule has 2 aromatic carbocycles. The van der Waals surface area contributed by atoms with Crippen LogP contribution >= 0.6 is 0 Å². The molecule has 29 heavy (non-hydrogen) atoms. The second-order valence-electron chi connectivity index (χ2n) is 7.72. The van der Waals surface area contributed by atoms with Crippen molar-refractivity contribution < 1.29 is 14.2 Å². The van der Waals surface area contributed by atoms with Gasteiger partial charge in [-0.25, -0.2) is 14.4 Å². The van der Waals surface area contributed by atoms with E-state index < -0.39 is 0 Å². The Balaban J connectivity index is 1.45. The summed E-state index contributed by atoms with van der Waals surface area (Å²) in [7, 11) is 0. The normalized spacial score (nSPS) is 16.1. The van der Waals surface area contributed by atoms with E-state index in [9.17, 15) is 4.39 Å². The Morgan fingerprint density at radius 1 is 1.10 bits per heavy atom.